The summed E-state index contributed by atoms with van der Waals surface area (Å²) in [6.45, 7) is 1.69. The molecule has 0 fully saturated rings. The third-order valence-corrected chi connectivity index (χ3v) is 8.63. The van der Waals surface area contributed by atoms with Gasteiger partial charge in [-0.25, -0.2) is 8.42 Å². The number of phenolic OH excluding ortho intramolecular Hbond substituents is 1. The fourth-order valence-corrected chi connectivity index (χ4v) is 5.81. The van der Waals surface area contributed by atoms with Crippen LogP contribution < -0.4 is 10.0 Å². The first-order valence-electron chi connectivity index (χ1n) is 12.7. The summed E-state index contributed by atoms with van der Waals surface area (Å²) in [5, 5.41) is 23.5. The zero-order valence-corrected chi connectivity index (χ0v) is 24.1. The van der Waals surface area contributed by atoms with E-state index in [1.807, 2.05) is 0 Å². The maximum absolute atomic E-state index is 13.1. The highest BCUT2D eigenvalue weighted by Crippen LogP contribution is 2.40. The lowest BCUT2D eigenvalue weighted by Crippen LogP contribution is -2.13. The number of rotatable bonds is 8. The minimum absolute atomic E-state index is 0.0177. The molecule has 0 aliphatic rings. The molecule has 0 saturated carbocycles. The van der Waals surface area contributed by atoms with Crippen LogP contribution in [0.3, 0.4) is 0 Å². The Morgan fingerprint density at radius 3 is 2.19 bits per heavy atom. The van der Waals surface area contributed by atoms with Crippen molar-refractivity contribution in [3.8, 4) is 5.75 Å². The van der Waals surface area contributed by atoms with Crippen LogP contribution in [0, 0.1) is 6.92 Å². The van der Waals surface area contributed by atoms with E-state index in [0.717, 1.165) is 12.1 Å². The monoisotopic (exact) mass is 616 g/mol. The molecule has 0 unspecified atom stereocenters. The summed E-state index contributed by atoms with van der Waals surface area (Å²) >= 11 is 0. The van der Waals surface area contributed by atoms with Gasteiger partial charge in [0, 0.05) is 11.1 Å². The Morgan fingerprint density at radius 2 is 1.44 bits per heavy atom. The Balaban J connectivity index is 1.50. The second-order valence-corrected chi connectivity index (χ2v) is 12.5. The van der Waals surface area contributed by atoms with Crippen LogP contribution in [-0.4, -0.2) is 32.4 Å². The van der Waals surface area contributed by atoms with E-state index in [1.165, 1.54) is 30.3 Å². The average Bonchev–Trinajstić information content (AvgIpc) is 2.97. The van der Waals surface area contributed by atoms with Crippen LogP contribution in [0.4, 0.5) is 22.7 Å². The van der Waals surface area contributed by atoms with Crippen LogP contribution in [0.1, 0.15) is 15.9 Å². The summed E-state index contributed by atoms with van der Waals surface area (Å²) in [7, 11) is -8.76. The van der Waals surface area contributed by atoms with Crippen molar-refractivity contribution in [2.75, 3.05) is 10.0 Å². The second-order valence-electron chi connectivity index (χ2n) is 9.42. The van der Waals surface area contributed by atoms with E-state index in [9.17, 15) is 31.3 Å². The van der Waals surface area contributed by atoms with Gasteiger partial charge in [-0.2, -0.15) is 13.5 Å². The maximum atomic E-state index is 13.1. The lowest BCUT2D eigenvalue weighted by atomic mass is 10.0. The van der Waals surface area contributed by atoms with E-state index in [1.54, 1.807) is 67.6 Å². The Hall–Kier alpha value is -5.11. The lowest BCUT2D eigenvalue weighted by molar-refractivity contribution is 0.102. The standard InChI is InChI=1S/C30H24N4O7S2/c1-19-14-15-23(42(37,38)34-22-11-7-12-24(17-22)43(39,40)41)18-27(19)32-33-28-25-13-6-5-8-20(25)16-26(29(28)35)30(36)31-21-9-3-2-4-10-21/h2-18,34-35H,1H3,(H,31,36)(H,39,40,41). The van der Waals surface area contributed by atoms with Gasteiger partial charge in [0.1, 0.15) is 5.69 Å². The van der Waals surface area contributed by atoms with Gasteiger partial charge in [-0.05, 0) is 66.4 Å². The molecule has 4 N–H and O–H groups in total. The first kappa shape index (κ1) is 29.4. The number of sulfonamides is 1. The third kappa shape index (κ3) is 6.54. The van der Waals surface area contributed by atoms with Crippen molar-refractivity contribution in [1.82, 2.24) is 0 Å². The highest BCUT2D eigenvalue weighted by molar-refractivity contribution is 7.92. The van der Waals surface area contributed by atoms with Gasteiger partial charge in [0.2, 0.25) is 0 Å². The summed E-state index contributed by atoms with van der Waals surface area (Å²) in [5.41, 5.74) is 1.18. The number of nitrogens with zero attached hydrogens (tertiary/aromatic N) is 2. The summed E-state index contributed by atoms with van der Waals surface area (Å²) in [6, 6.07) is 26.1. The van der Waals surface area contributed by atoms with Gasteiger partial charge in [-0.3, -0.25) is 14.1 Å². The molecular formula is C30H24N4O7S2. The van der Waals surface area contributed by atoms with Crippen LogP contribution in [0.25, 0.3) is 10.8 Å². The maximum Gasteiger partial charge on any atom is 0.294 e. The van der Waals surface area contributed by atoms with Crippen LogP contribution in [0.2, 0.25) is 0 Å². The number of hydrogen-bond donors (Lipinski definition) is 4. The Labute approximate surface area is 247 Å². The smallest absolute Gasteiger partial charge is 0.294 e. The normalized spacial score (nSPS) is 12.0. The van der Waals surface area contributed by atoms with Crippen LogP contribution in [-0.2, 0) is 20.1 Å². The molecule has 218 valence electrons. The highest BCUT2D eigenvalue weighted by Gasteiger charge is 2.20. The molecule has 1 amide bonds. The van der Waals surface area contributed by atoms with Crippen molar-refractivity contribution < 1.29 is 31.3 Å². The molecule has 0 radical (unpaired) electrons. The number of benzene rings is 5. The SMILES string of the molecule is Cc1ccc(S(=O)(=O)Nc2cccc(S(=O)(=O)O)c2)cc1N=Nc1c(O)c(C(=O)Nc2ccccc2)cc2ccccc12. The first-order valence-corrected chi connectivity index (χ1v) is 15.6. The first-order chi connectivity index (χ1) is 20.4. The van der Waals surface area contributed by atoms with Gasteiger partial charge >= 0.3 is 0 Å². The van der Waals surface area contributed by atoms with Gasteiger partial charge in [-0.1, -0.05) is 54.6 Å². The molecule has 5 rings (SSSR count). The van der Waals surface area contributed by atoms with Crippen molar-refractivity contribution >= 4 is 59.6 Å². The molecule has 0 aliphatic carbocycles. The predicted molar refractivity (Wildman–Crippen MR) is 162 cm³/mol. The van der Waals surface area contributed by atoms with Crippen molar-refractivity contribution in [3.63, 3.8) is 0 Å². The van der Waals surface area contributed by atoms with Crippen LogP contribution in [0.5, 0.6) is 5.75 Å². The number of azo groups is 1. The number of carbonyl (C=O) groups excluding carboxylic acids is 1. The second kappa shape index (κ2) is 11.6. The number of fused-ring (bicyclic) bond motifs is 1. The fraction of sp³-hybridized carbons (Fsp3) is 0.0333. The molecule has 13 heteroatoms. The molecule has 11 nitrogen and oxygen atoms in total. The van der Waals surface area contributed by atoms with Gasteiger partial charge in [0.05, 0.1) is 26.7 Å². The van der Waals surface area contributed by atoms with E-state index >= 15 is 0 Å². The molecular weight excluding hydrogens is 592 g/mol. The van der Waals surface area contributed by atoms with Crippen molar-refractivity contribution in [2.45, 2.75) is 16.7 Å². The summed E-state index contributed by atoms with van der Waals surface area (Å²) in [5.74, 6) is -0.961. The minimum Gasteiger partial charge on any atom is -0.505 e. The van der Waals surface area contributed by atoms with Crippen molar-refractivity contribution in [2.24, 2.45) is 10.2 Å². The molecule has 0 spiro atoms. The fourth-order valence-electron chi connectivity index (χ4n) is 4.21. The average molecular weight is 617 g/mol. The predicted octanol–water partition coefficient (Wildman–Crippen LogP) is 6.57. The third-order valence-electron chi connectivity index (χ3n) is 6.40. The summed E-state index contributed by atoms with van der Waals surface area (Å²) in [6.07, 6.45) is 0. The number of para-hydroxylation sites is 1. The van der Waals surface area contributed by atoms with E-state index in [4.69, 9.17) is 0 Å². The molecule has 0 aliphatic heterocycles. The van der Waals surface area contributed by atoms with E-state index < -0.39 is 36.7 Å². The molecule has 0 aromatic heterocycles. The lowest BCUT2D eigenvalue weighted by Gasteiger charge is -2.12. The Morgan fingerprint density at radius 1 is 0.744 bits per heavy atom. The number of aryl methyl sites for hydroxylation is 1. The topological polar surface area (TPSA) is 175 Å². The van der Waals surface area contributed by atoms with E-state index in [-0.39, 0.29) is 27.5 Å². The number of amides is 1. The molecule has 0 atom stereocenters. The number of anilines is 2. The number of nitrogens with one attached hydrogen (secondary N) is 2. The van der Waals surface area contributed by atoms with Gasteiger partial charge < -0.3 is 10.4 Å². The number of hydrogen-bond acceptors (Lipinski definition) is 8. The van der Waals surface area contributed by atoms with Gasteiger partial charge in [0.15, 0.2) is 5.75 Å². The molecule has 0 saturated heterocycles. The van der Waals surface area contributed by atoms with Gasteiger partial charge in [0.25, 0.3) is 26.0 Å². The Kier molecular flexibility index (Phi) is 7.96. The molecule has 43 heavy (non-hydrogen) atoms. The van der Waals surface area contributed by atoms with Crippen LogP contribution >= 0.6 is 0 Å². The quantitative estimate of drug-likeness (QED) is 0.113. The summed E-state index contributed by atoms with van der Waals surface area (Å²) < 4.78 is 60.7. The van der Waals surface area contributed by atoms with Crippen molar-refractivity contribution in [1.29, 1.82) is 0 Å². The molecule has 5 aromatic rings. The molecule has 0 heterocycles. The number of phenols is 1. The van der Waals surface area contributed by atoms with Gasteiger partial charge in [-0.15, -0.1) is 5.11 Å². The summed E-state index contributed by atoms with van der Waals surface area (Å²) in [4.78, 5) is 12.4. The zero-order chi connectivity index (χ0) is 30.8. The number of aromatic hydroxyl groups is 1. The largest absolute Gasteiger partial charge is 0.505 e. The van der Waals surface area contributed by atoms with E-state index in [0.29, 0.717) is 22.0 Å². The Bertz CT molecular complexity index is 2120. The molecule has 5 aromatic carbocycles. The minimum atomic E-state index is -4.54. The number of carbonyl (C=O) groups is 1. The van der Waals surface area contributed by atoms with E-state index in [2.05, 4.69) is 20.3 Å². The zero-order valence-electron chi connectivity index (χ0n) is 22.5. The molecule has 0 bridgehead atoms. The van der Waals surface area contributed by atoms with Crippen molar-refractivity contribution in [3.05, 3.63) is 114 Å². The van der Waals surface area contributed by atoms with Crippen LogP contribution in [0.15, 0.2) is 123 Å². The highest BCUT2D eigenvalue weighted by atomic mass is 32.2.